The van der Waals surface area contributed by atoms with Crippen LogP contribution < -0.4 is 10.4 Å². The van der Waals surface area contributed by atoms with Crippen LogP contribution in [0.4, 0.5) is 0 Å². The minimum atomic E-state index is -2.38. The lowest BCUT2D eigenvalue weighted by molar-refractivity contribution is 0.289. The van der Waals surface area contributed by atoms with E-state index in [1.54, 1.807) is 0 Å². The second-order valence-corrected chi connectivity index (χ2v) is 12.9. The highest BCUT2D eigenvalue weighted by Gasteiger charge is 2.49. The summed E-state index contributed by atoms with van der Waals surface area (Å²) in [6.45, 7) is 12.1. The molecule has 0 N–H and O–H groups in total. The molecule has 0 aliphatic heterocycles. The van der Waals surface area contributed by atoms with Crippen molar-refractivity contribution in [3.63, 3.8) is 0 Å². The van der Waals surface area contributed by atoms with Gasteiger partial charge in [0.1, 0.15) is 0 Å². The van der Waals surface area contributed by atoms with Crippen LogP contribution in [0, 0.1) is 0 Å². The molecule has 2 aromatic rings. The molecule has 1 atom stereocenters. The lowest BCUT2D eigenvalue weighted by atomic mass is 10.2. The summed E-state index contributed by atoms with van der Waals surface area (Å²) < 4.78 is 6.91. The smallest absolute Gasteiger partial charge is 0.261 e. The zero-order chi connectivity index (χ0) is 20.5. The highest BCUT2D eigenvalue weighted by Crippen LogP contribution is 2.36. The maximum Gasteiger partial charge on any atom is 0.261 e. The predicted octanol–water partition coefficient (Wildman–Crippen LogP) is 5.60. The SMILES string of the molecule is CCC(C)N=CCCCCO[Si](c1ccccc1)(c1ccccc1)C(C)(C)C. The first-order valence-corrected chi connectivity index (χ1v) is 12.6. The van der Waals surface area contributed by atoms with Gasteiger partial charge in [0.2, 0.25) is 0 Å². The lowest BCUT2D eigenvalue weighted by Crippen LogP contribution is -2.66. The molecular formula is C25H37NOSi. The molecule has 2 aromatic carbocycles. The molecular weight excluding hydrogens is 358 g/mol. The monoisotopic (exact) mass is 395 g/mol. The number of benzene rings is 2. The van der Waals surface area contributed by atoms with Crippen molar-refractivity contribution < 1.29 is 4.43 Å². The van der Waals surface area contributed by atoms with Crippen molar-refractivity contribution in [1.29, 1.82) is 0 Å². The third kappa shape index (κ3) is 5.65. The minimum absolute atomic E-state index is 0.0493. The summed E-state index contributed by atoms with van der Waals surface area (Å²) in [6, 6.07) is 22.2. The molecule has 0 amide bonds. The maximum atomic E-state index is 6.91. The molecule has 0 aromatic heterocycles. The number of aliphatic imine (C=N–C) groups is 1. The van der Waals surface area contributed by atoms with E-state index in [-0.39, 0.29) is 5.04 Å². The van der Waals surface area contributed by atoms with E-state index in [0.29, 0.717) is 6.04 Å². The normalized spacial score (nSPS) is 13.8. The Hall–Kier alpha value is -1.71. The number of rotatable bonds is 10. The minimum Gasteiger partial charge on any atom is -0.407 e. The largest absolute Gasteiger partial charge is 0.407 e. The molecule has 0 aliphatic carbocycles. The Balaban J connectivity index is 2.17. The van der Waals surface area contributed by atoms with Gasteiger partial charge in [-0.3, -0.25) is 4.99 Å². The van der Waals surface area contributed by atoms with Crippen LogP contribution in [-0.4, -0.2) is 27.2 Å². The Labute approximate surface area is 173 Å². The van der Waals surface area contributed by atoms with E-state index in [1.165, 1.54) is 10.4 Å². The molecule has 1 unspecified atom stereocenters. The fourth-order valence-electron chi connectivity index (χ4n) is 3.68. The zero-order valence-electron chi connectivity index (χ0n) is 18.3. The van der Waals surface area contributed by atoms with Crippen LogP contribution in [0.3, 0.4) is 0 Å². The van der Waals surface area contributed by atoms with E-state index in [4.69, 9.17) is 4.43 Å². The van der Waals surface area contributed by atoms with Crippen molar-refractivity contribution in [3.8, 4) is 0 Å². The summed E-state index contributed by atoms with van der Waals surface area (Å²) in [5.41, 5.74) is 0. The van der Waals surface area contributed by atoms with Gasteiger partial charge in [-0.25, -0.2) is 0 Å². The molecule has 0 aliphatic rings. The number of nitrogens with zero attached hydrogens (tertiary/aromatic N) is 1. The van der Waals surface area contributed by atoms with E-state index < -0.39 is 8.32 Å². The molecule has 0 heterocycles. The summed E-state index contributed by atoms with van der Waals surface area (Å²) in [6.07, 6.45) is 6.42. The van der Waals surface area contributed by atoms with Crippen molar-refractivity contribution >= 4 is 24.9 Å². The van der Waals surface area contributed by atoms with Gasteiger partial charge in [-0.05, 0) is 54.2 Å². The first kappa shape index (κ1) is 22.6. The Kier molecular flexibility index (Phi) is 8.65. The van der Waals surface area contributed by atoms with E-state index in [1.807, 2.05) is 0 Å². The van der Waals surface area contributed by atoms with Crippen molar-refractivity contribution in [1.82, 2.24) is 0 Å². The van der Waals surface area contributed by atoms with Gasteiger partial charge in [0.05, 0.1) is 0 Å². The van der Waals surface area contributed by atoms with Crippen LogP contribution in [0.2, 0.25) is 5.04 Å². The molecule has 0 spiro atoms. The van der Waals surface area contributed by atoms with Gasteiger partial charge in [-0.2, -0.15) is 0 Å². The highest BCUT2D eigenvalue weighted by atomic mass is 28.4. The molecule has 0 saturated carbocycles. The van der Waals surface area contributed by atoms with E-state index >= 15 is 0 Å². The first-order chi connectivity index (χ1) is 13.4. The lowest BCUT2D eigenvalue weighted by Gasteiger charge is -2.43. The van der Waals surface area contributed by atoms with Gasteiger partial charge >= 0.3 is 0 Å². The van der Waals surface area contributed by atoms with Crippen LogP contribution in [0.15, 0.2) is 65.7 Å². The van der Waals surface area contributed by atoms with Crippen molar-refractivity contribution in [2.24, 2.45) is 4.99 Å². The van der Waals surface area contributed by atoms with Gasteiger partial charge in [-0.1, -0.05) is 88.4 Å². The Bertz CT molecular complexity index is 667. The van der Waals surface area contributed by atoms with E-state index in [0.717, 1.165) is 32.3 Å². The van der Waals surface area contributed by atoms with Crippen LogP contribution >= 0.6 is 0 Å². The maximum absolute atomic E-state index is 6.91. The molecule has 0 radical (unpaired) electrons. The molecule has 0 fully saturated rings. The second-order valence-electron chi connectivity index (χ2n) is 8.60. The van der Waals surface area contributed by atoms with Crippen LogP contribution in [0.25, 0.3) is 0 Å². The number of hydrogen-bond acceptors (Lipinski definition) is 2. The van der Waals surface area contributed by atoms with Crippen molar-refractivity contribution in [3.05, 3.63) is 60.7 Å². The van der Waals surface area contributed by atoms with Gasteiger partial charge in [-0.15, -0.1) is 0 Å². The topological polar surface area (TPSA) is 21.6 Å². The number of unbranched alkanes of at least 4 members (excludes halogenated alkanes) is 2. The summed E-state index contributed by atoms with van der Waals surface area (Å²) in [5, 5.41) is 2.76. The van der Waals surface area contributed by atoms with Crippen LogP contribution in [-0.2, 0) is 4.43 Å². The third-order valence-electron chi connectivity index (χ3n) is 5.41. The molecule has 2 rings (SSSR count). The van der Waals surface area contributed by atoms with Gasteiger partial charge < -0.3 is 4.43 Å². The molecule has 28 heavy (non-hydrogen) atoms. The Morgan fingerprint density at radius 2 is 1.46 bits per heavy atom. The summed E-state index contributed by atoms with van der Waals surface area (Å²) in [5.74, 6) is 0. The van der Waals surface area contributed by atoms with Crippen molar-refractivity contribution in [2.45, 2.75) is 71.4 Å². The average Bonchev–Trinajstić information content (AvgIpc) is 2.70. The third-order valence-corrected chi connectivity index (χ3v) is 10.5. The fourth-order valence-corrected chi connectivity index (χ4v) is 8.29. The summed E-state index contributed by atoms with van der Waals surface area (Å²) >= 11 is 0. The van der Waals surface area contributed by atoms with E-state index in [9.17, 15) is 0 Å². The van der Waals surface area contributed by atoms with Gasteiger partial charge in [0, 0.05) is 12.6 Å². The van der Waals surface area contributed by atoms with Crippen molar-refractivity contribution in [2.75, 3.05) is 6.61 Å². The quantitative estimate of drug-likeness (QED) is 0.291. The summed E-state index contributed by atoms with van der Waals surface area (Å²) in [7, 11) is -2.38. The predicted molar refractivity (Wildman–Crippen MR) is 126 cm³/mol. The first-order valence-electron chi connectivity index (χ1n) is 10.7. The van der Waals surface area contributed by atoms with Gasteiger partial charge in [0.15, 0.2) is 0 Å². The van der Waals surface area contributed by atoms with E-state index in [2.05, 4.69) is 106 Å². The molecule has 3 heteroatoms. The highest BCUT2D eigenvalue weighted by molar-refractivity contribution is 6.99. The average molecular weight is 396 g/mol. The standard InChI is InChI=1S/C25H37NOSi/c1-6-22(2)26-20-14-9-15-21-27-28(25(3,4)5,23-16-10-7-11-17-23)24-18-12-8-13-19-24/h7-8,10-13,16-20,22H,6,9,14-15,21H2,1-5H3. The Morgan fingerprint density at radius 3 is 1.93 bits per heavy atom. The molecule has 0 saturated heterocycles. The van der Waals surface area contributed by atoms with Crippen LogP contribution in [0.5, 0.6) is 0 Å². The Morgan fingerprint density at radius 1 is 0.929 bits per heavy atom. The van der Waals surface area contributed by atoms with Crippen LogP contribution in [0.1, 0.15) is 60.3 Å². The molecule has 152 valence electrons. The zero-order valence-corrected chi connectivity index (χ0v) is 19.3. The second kappa shape index (κ2) is 10.7. The molecule has 2 nitrogen and oxygen atoms in total. The fraction of sp³-hybridized carbons (Fsp3) is 0.480. The van der Waals surface area contributed by atoms with Gasteiger partial charge in [0.25, 0.3) is 8.32 Å². The summed E-state index contributed by atoms with van der Waals surface area (Å²) in [4.78, 5) is 4.57. The molecule has 0 bridgehead atoms. The number of hydrogen-bond donors (Lipinski definition) is 0.